The number of rotatable bonds is 9. The number of carbonyl (C=O) groups excluding carboxylic acids is 2. The Morgan fingerprint density at radius 3 is 2.54 bits per heavy atom. The van der Waals surface area contributed by atoms with Gasteiger partial charge in [0.15, 0.2) is 16.9 Å². The summed E-state index contributed by atoms with van der Waals surface area (Å²) in [4.78, 5) is 56.3. The van der Waals surface area contributed by atoms with Crippen LogP contribution in [-0.2, 0) is 24.4 Å². The molecule has 0 radical (unpaired) electrons. The lowest BCUT2D eigenvalue weighted by atomic mass is 10.2. The van der Waals surface area contributed by atoms with Gasteiger partial charge in [0.05, 0.1) is 11.8 Å². The first-order valence-corrected chi connectivity index (χ1v) is 11.3. The first-order chi connectivity index (χ1) is 16.9. The summed E-state index contributed by atoms with van der Waals surface area (Å²) in [5, 5.41) is 2.67. The molecule has 11 nitrogen and oxygen atoms in total. The third-order valence-corrected chi connectivity index (χ3v) is 5.47. The van der Waals surface area contributed by atoms with E-state index < -0.39 is 23.1 Å². The lowest BCUT2D eigenvalue weighted by molar-refractivity contribution is 0.0458. The Hall–Kier alpha value is -4.41. The minimum absolute atomic E-state index is 0.172. The molecular formula is C24H25N5O6. The Balaban J connectivity index is 1.50. The van der Waals surface area contributed by atoms with Crippen LogP contribution in [0, 0.1) is 0 Å². The van der Waals surface area contributed by atoms with E-state index in [-0.39, 0.29) is 29.1 Å². The number of H-pyrrole nitrogens is 1. The number of amides is 1. The number of carbonyl (C=O) groups is 2. The predicted octanol–water partition coefficient (Wildman–Crippen LogP) is 2.91. The number of imidazole rings is 1. The van der Waals surface area contributed by atoms with Crippen molar-refractivity contribution in [1.29, 1.82) is 0 Å². The summed E-state index contributed by atoms with van der Waals surface area (Å²) in [6, 6.07) is 9.35. The van der Waals surface area contributed by atoms with E-state index in [1.165, 1.54) is 23.0 Å². The summed E-state index contributed by atoms with van der Waals surface area (Å²) in [6.07, 6.45) is 3.03. The molecule has 0 unspecified atom stereocenters. The number of ether oxygens (including phenoxy) is 1. The van der Waals surface area contributed by atoms with Crippen molar-refractivity contribution < 1.29 is 18.7 Å². The van der Waals surface area contributed by atoms with Crippen molar-refractivity contribution in [2.75, 3.05) is 5.32 Å². The molecule has 3 heterocycles. The second kappa shape index (κ2) is 10.2. The summed E-state index contributed by atoms with van der Waals surface area (Å²) in [5.74, 6) is -0.470. The Labute approximate surface area is 199 Å². The van der Waals surface area contributed by atoms with Gasteiger partial charge in [-0.25, -0.2) is 14.6 Å². The molecule has 0 aliphatic heterocycles. The molecule has 0 spiro atoms. The van der Waals surface area contributed by atoms with Crippen molar-refractivity contribution in [3.63, 3.8) is 0 Å². The highest BCUT2D eigenvalue weighted by atomic mass is 16.5. The van der Waals surface area contributed by atoms with Gasteiger partial charge in [0.2, 0.25) is 0 Å². The van der Waals surface area contributed by atoms with Crippen LogP contribution in [0.3, 0.4) is 0 Å². The number of hydrogen-bond acceptors (Lipinski definition) is 7. The number of esters is 1. The quantitative estimate of drug-likeness (QED) is 0.352. The molecule has 0 bridgehead atoms. The molecule has 0 saturated heterocycles. The number of aromatic nitrogens is 4. The normalized spacial score (nSPS) is 11.0. The number of nitrogens with one attached hydrogen (secondary N) is 2. The van der Waals surface area contributed by atoms with Gasteiger partial charge >= 0.3 is 11.7 Å². The van der Waals surface area contributed by atoms with Gasteiger partial charge in [-0.3, -0.25) is 19.1 Å². The maximum absolute atomic E-state index is 12.6. The molecule has 1 aromatic carbocycles. The largest absolute Gasteiger partial charge is 0.459 e. The highest BCUT2D eigenvalue weighted by Crippen LogP contribution is 2.16. The first kappa shape index (κ1) is 23.7. The fourth-order valence-electron chi connectivity index (χ4n) is 3.70. The van der Waals surface area contributed by atoms with Gasteiger partial charge in [-0.1, -0.05) is 13.3 Å². The van der Waals surface area contributed by atoms with Crippen LogP contribution in [0.15, 0.2) is 56.7 Å². The number of nitrogens with zero attached hydrogens (tertiary/aromatic N) is 3. The van der Waals surface area contributed by atoms with Crippen molar-refractivity contribution in [2.24, 2.45) is 0 Å². The van der Waals surface area contributed by atoms with Gasteiger partial charge < -0.3 is 19.0 Å². The second-order valence-electron chi connectivity index (χ2n) is 7.79. The Morgan fingerprint density at radius 2 is 1.89 bits per heavy atom. The zero-order chi connectivity index (χ0) is 24.9. The van der Waals surface area contributed by atoms with Crippen LogP contribution in [-0.4, -0.2) is 31.0 Å². The summed E-state index contributed by atoms with van der Waals surface area (Å²) < 4.78 is 13.6. The number of furan rings is 1. The lowest BCUT2D eigenvalue weighted by Crippen LogP contribution is -2.31. The van der Waals surface area contributed by atoms with Crippen molar-refractivity contribution in [3.05, 3.63) is 80.6 Å². The lowest BCUT2D eigenvalue weighted by Gasteiger charge is -2.08. The van der Waals surface area contributed by atoms with E-state index in [1.807, 2.05) is 13.8 Å². The minimum Gasteiger partial charge on any atom is -0.459 e. The Morgan fingerprint density at radius 1 is 1.11 bits per heavy atom. The molecule has 182 valence electrons. The van der Waals surface area contributed by atoms with Crippen molar-refractivity contribution in [3.8, 4) is 0 Å². The highest BCUT2D eigenvalue weighted by Gasteiger charge is 2.19. The van der Waals surface area contributed by atoms with E-state index in [0.717, 1.165) is 12.8 Å². The van der Waals surface area contributed by atoms with Crippen molar-refractivity contribution >= 4 is 28.7 Å². The van der Waals surface area contributed by atoms with Gasteiger partial charge in [0.25, 0.3) is 11.5 Å². The molecule has 4 aromatic rings. The number of fused-ring (bicyclic) bond motifs is 1. The maximum atomic E-state index is 12.6. The standard InChI is InChI=1S/C24H25N5O6/c1-3-5-12-29-20-19(22(31)27-24(29)33)28(4-2)18(26-20)14-35-23(32)15-8-10-16(11-9-15)25-21(30)17-7-6-13-34-17/h6-11,13H,3-5,12,14H2,1-2H3,(H,25,30)(H,27,31,33). The van der Waals surface area contributed by atoms with Crippen LogP contribution in [0.5, 0.6) is 0 Å². The molecule has 11 heteroatoms. The van der Waals surface area contributed by atoms with E-state index in [4.69, 9.17) is 9.15 Å². The summed E-state index contributed by atoms with van der Waals surface area (Å²) in [7, 11) is 0. The Kier molecular flexibility index (Phi) is 6.95. The van der Waals surface area contributed by atoms with E-state index >= 15 is 0 Å². The summed E-state index contributed by atoms with van der Waals surface area (Å²) in [5.41, 5.74) is 0.261. The SMILES string of the molecule is CCCCn1c(=O)[nH]c(=O)c2c1nc(COC(=O)c1ccc(NC(=O)c3ccco3)cc1)n2CC. The number of anilines is 1. The van der Waals surface area contributed by atoms with Gasteiger partial charge in [-0.2, -0.15) is 0 Å². The van der Waals surface area contributed by atoms with Crippen LogP contribution in [0.1, 0.15) is 53.4 Å². The number of unbranched alkanes of at least 4 members (excludes halogenated alkanes) is 1. The maximum Gasteiger partial charge on any atom is 0.338 e. The van der Waals surface area contributed by atoms with Gasteiger partial charge in [-0.05, 0) is 49.7 Å². The molecule has 0 aliphatic rings. The molecular weight excluding hydrogens is 454 g/mol. The fourth-order valence-corrected chi connectivity index (χ4v) is 3.70. The van der Waals surface area contributed by atoms with Gasteiger partial charge in [-0.15, -0.1) is 0 Å². The van der Waals surface area contributed by atoms with E-state index in [2.05, 4.69) is 15.3 Å². The van der Waals surface area contributed by atoms with Crippen LogP contribution in [0.25, 0.3) is 11.2 Å². The van der Waals surface area contributed by atoms with Gasteiger partial charge in [0.1, 0.15) is 12.4 Å². The molecule has 1 amide bonds. The Bertz CT molecular complexity index is 1460. The van der Waals surface area contributed by atoms with Crippen LogP contribution in [0.2, 0.25) is 0 Å². The van der Waals surface area contributed by atoms with Crippen molar-refractivity contribution in [2.45, 2.75) is 46.4 Å². The monoisotopic (exact) mass is 479 g/mol. The predicted molar refractivity (Wildman–Crippen MR) is 127 cm³/mol. The van der Waals surface area contributed by atoms with Gasteiger partial charge in [0, 0.05) is 18.8 Å². The average Bonchev–Trinajstić information content (AvgIpc) is 3.51. The number of aromatic amines is 1. The van der Waals surface area contributed by atoms with E-state index in [1.54, 1.807) is 28.8 Å². The molecule has 4 rings (SSSR count). The summed E-state index contributed by atoms with van der Waals surface area (Å²) >= 11 is 0. The molecule has 0 saturated carbocycles. The number of benzene rings is 1. The summed E-state index contributed by atoms with van der Waals surface area (Å²) in [6.45, 7) is 4.49. The molecule has 2 N–H and O–H groups in total. The number of hydrogen-bond donors (Lipinski definition) is 2. The zero-order valence-corrected chi connectivity index (χ0v) is 19.4. The van der Waals surface area contributed by atoms with Crippen LogP contribution >= 0.6 is 0 Å². The van der Waals surface area contributed by atoms with Crippen molar-refractivity contribution in [1.82, 2.24) is 19.1 Å². The molecule has 0 atom stereocenters. The van der Waals surface area contributed by atoms with Crippen LogP contribution in [0.4, 0.5) is 5.69 Å². The smallest absolute Gasteiger partial charge is 0.338 e. The fraction of sp³-hybridized carbons (Fsp3) is 0.292. The molecule has 35 heavy (non-hydrogen) atoms. The highest BCUT2D eigenvalue weighted by molar-refractivity contribution is 6.02. The zero-order valence-electron chi connectivity index (χ0n) is 19.4. The molecule has 3 aromatic heterocycles. The first-order valence-electron chi connectivity index (χ1n) is 11.3. The second-order valence-corrected chi connectivity index (χ2v) is 7.79. The topological polar surface area (TPSA) is 141 Å². The molecule has 0 aliphatic carbocycles. The molecule has 0 fully saturated rings. The van der Waals surface area contributed by atoms with E-state index in [0.29, 0.717) is 24.6 Å². The van der Waals surface area contributed by atoms with E-state index in [9.17, 15) is 19.2 Å². The third-order valence-electron chi connectivity index (χ3n) is 5.47. The van der Waals surface area contributed by atoms with Crippen LogP contribution < -0.4 is 16.6 Å². The average molecular weight is 479 g/mol. The third kappa shape index (κ3) is 4.93. The number of aryl methyl sites for hydroxylation is 2. The minimum atomic E-state index is -0.596.